The van der Waals surface area contributed by atoms with E-state index in [9.17, 15) is 13.2 Å². The fraction of sp³-hybridized carbons (Fsp3) is 0.429. The molecule has 1 fully saturated rings. The van der Waals surface area contributed by atoms with Gasteiger partial charge < -0.3 is 5.11 Å². The van der Waals surface area contributed by atoms with Gasteiger partial charge in [0.1, 0.15) is 15.5 Å². The van der Waals surface area contributed by atoms with Crippen molar-refractivity contribution in [3.05, 3.63) is 29.1 Å². The third-order valence-corrected chi connectivity index (χ3v) is 4.86. The van der Waals surface area contributed by atoms with E-state index in [1.54, 1.807) is 13.0 Å². The second-order valence-electron chi connectivity index (χ2n) is 4.88. The van der Waals surface area contributed by atoms with E-state index in [4.69, 9.17) is 5.11 Å². The van der Waals surface area contributed by atoms with E-state index in [-0.39, 0.29) is 23.1 Å². The Balaban J connectivity index is 2.15. The molecule has 1 aromatic heterocycles. The summed E-state index contributed by atoms with van der Waals surface area (Å²) in [4.78, 5) is 14.8. The van der Waals surface area contributed by atoms with Crippen molar-refractivity contribution < 1.29 is 18.3 Å². The highest BCUT2D eigenvalue weighted by Crippen LogP contribution is 2.18. The standard InChI is InChI=1S/C14H15NO4S/c1-10-8-12(9-13(15-10)14(16)17)3-2-11-4-6-20(18,19)7-5-11/h8-9,11H,4-7H2,1H3,(H,16,17). The second kappa shape index (κ2) is 5.63. The number of aromatic carboxylic acids is 1. The highest BCUT2D eigenvalue weighted by Gasteiger charge is 2.22. The summed E-state index contributed by atoms with van der Waals surface area (Å²) in [5, 5.41) is 8.93. The largest absolute Gasteiger partial charge is 0.477 e. The summed E-state index contributed by atoms with van der Waals surface area (Å²) in [6.45, 7) is 1.71. The second-order valence-corrected chi connectivity index (χ2v) is 7.19. The molecule has 20 heavy (non-hydrogen) atoms. The van der Waals surface area contributed by atoms with Crippen LogP contribution < -0.4 is 0 Å². The molecule has 106 valence electrons. The van der Waals surface area contributed by atoms with Gasteiger partial charge in [-0.2, -0.15) is 0 Å². The molecule has 6 heteroatoms. The van der Waals surface area contributed by atoms with Gasteiger partial charge in [0.05, 0.1) is 11.5 Å². The van der Waals surface area contributed by atoms with Crippen molar-refractivity contribution >= 4 is 15.8 Å². The van der Waals surface area contributed by atoms with Gasteiger partial charge in [-0.05, 0) is 31.9 Å². The first-order valence-electron chi connectivity index (χ1n) is 6.30. The molecule has 0 aromatic carbocycles. The number of pyridine rings is 1. The Hall–Kier alpha value is -1.87. The summed E-state index contributed by atoms with van der Waals surface area (Å²) in [6, 6.07) is 3.15. The molecule has 5 nitrogen and oxygen atoms in total. The molecule has 0 unspecified atom stereocenters. The lowest BCUT2D eigenvalue weighted by Gasteiger charge is -2.16. The van der Waals surface area contributed by atoms with Crippen LogP contribution in [-0.2, 0) is 9.84 Å². The van der Waals surface area contributed by atoms with E-state index in [1.807, 2.05) is 0 Å². The number of aromatic nitrogens is 1. The van der Waals surface area contributed by atoms with Crippen LogP contribution in [0.1, 0.15) is 34.6 Å². The number of hydrogen-bond donors (Lipinski definition) is 1. The highest BCUT2D eigenvalue weighted by atomic mass is 32.2. The third-order valence-electron chi connectivity index (χ3n) is 3.15. The van der Waals surface area contributed by atoms with Crippen LogP contribution in [0, 0.1) is 24.7 Å². The minimum Gasteiger partial charge on any atom is -0.477 e. The van der Waals surface area contributed by atoms with Crippen LogP contribution in [0.5, 0.6) is 0 Å². The lowest BCUT2D eigenvalue weighted by Crippen LogP contribution is -2.22. The van der Waals surface area contributed by atoms with Gasteiger partial charge in [0.2, 0.25) is 0 Å². The minimum atomic E-state index is -2.88. The zero-order valence-corrected chi connectivity index (χ0v) is 11.9. The topological polar surface area (TPSA) is 84.3 Å². The average Bonchev–Trinajstić information content (AvgIpc) is 2.37. The summed E-state index contributed by atoms with van der Waals surface area (Å²) >= 11 is 0. The Kier molecular flexibility index (Phi) is 4.09. The van der Waals surface area contributed by atoms with Gasteiger partial charge in [-0.1, -0.05) is 11.8 Å². The lowest BCUT2D eigenvalue weighted by atomic mass is 10.0. The maximum atomic E-state index is 11.3. The SMILES string of the molecule is Cc1cc(C#CC2CCS(=O)(=O)CC2)cc(C(=O)O)n1. The predicted octanol–water partition coefficient (Wildman–Crippen LogP) is 1.26. The average molecular weight is 293 g/mol. The Labute approximate surface area is 118 Å². The third kappa shape index (κ3) is 3.81. The van der Waals surface area contributed by atoms with Crippen molar-refractivity contribution in [1.29, 1.82) is 0 Å². The van der Waals surface area contributed by atoms with E-state index in [0.717, 1.165) is 0 Å². The monoisotopic (exact) mass is 293 g/mol. The first kappa shape index (κ1) is 14.5. The normalized spacial score (nSPS) is 18.1. The van der Waals surface area contributed by atoms with Gasteiger partial charge >= 0.3 is 5.97 Å². The molecule has 1 aliphatic rings. The zero-order chi connectivity index (χ0) is 14.8. The molecule has 2 heterocycles. The summed E-state index contributed by atoms with van der Waals surface area (Å²) in [7, 11) is -2.88. The van der Waals surface area contributed by atoms with E-state index in [1.165, 1.54) is 6.07 Å². The van der Waals surface area contributed by atoms with Crippen molar-refractivity contribution in [2.45, 2.75) is 19.8 Å². The smallest absolute Gasteiger partial charge is 0.354 e. The van der Waals surface area contributed by atoms with Crippen LogP contribution >= 0.6 is 0 Å². The van der Waals surface area contributed by atoms with E-state index >= 15 is 0 Å². The van der Waals surface area contributed by atoms with Crippen LogP contribution in [0.3, 0.4) is 0 Å². The van der Waals surface area contributed by atoms with Crippen molar-refractivity contribution in [3.8, 4) is 11.8 Å². The molecule has 0 radical (unpaired) electrons. The molecule has 0 atom stereocenters. The summed E-state index contributed by atoms with van der Waals surface area (Å²) in [5.74, 6) is 5.30. The Bertz CT molecular complexity index is 684. The number of carboxylic acid groups (broad SMARTS) is 1. The summed E-state index contributed by atoms with van der Waals surface area (Å²) < 4.78 is 22.6. The van der Waals surface area contributed by atoms with Crippen LogP contribution in [-0.4, -0.2) is 36.0 Å². The summed E-state index contributed by atoms with van der Waals surface area (Å²) in [6.07, 6.45) is 1.09. The van der Waals surface area contributed by atoms with Crippen molar-refractivity contribution in [2.24, 2.45) is 5.92 Å². The number of hydrogen-bond acceptors (Lipinski definition) is 4. The van der Waals surface area contributed by atoms with Gasteiger partial charge in [0.25, 0.3) is 0 Å². The Morgan fingerprint density at radius 3 is 2.60 bits per heavy atom. The van der Waals surface area contributed by atoms with Crippen LogP contribution in [0.25, 0.3) is 0 Å². The molecule has 0 saturated carbocycles. The van der Waals surface area contributed by atoms with Crippen molar-refractivity contribution in [3.63, 3.8) is 0 Å². The van der Waals surface area contributed by atoms with Crippen LogP contribution in [0.4, 0.5) is 0 Å². The predicted molar refractivity (Wildman–Crippen MR) is 74.2 cm³/mol. The highest BCUT2D eigenvalue weighted by molar-refractivity contribution is 7.91. The molecule has 1 aliphatic heterocycles. The van der Waals surface area contributed by atoms with Crippen molar-refractivity contribution in [1.82, 2.24) is 4.98 Å². The van der Waals surface area contributed by atoms with Gasteiger partial charge in [-0.25, -0.2) is 18.2 Å². The first-order chi connectivity index (χ1) is 9.35. The number of carboxylic acids is 1. The zero-order valence-electron chi connectivity index (χ0n) is 11.1. The Morgan fingerprint density at radius 1 is 1.35 bits per heavy atom. The first-order valence-corrected chi connectivity index (χ1v) is 8.12. The molecular weight excluding hydrogens is 278 g/mol. The summed E-state index contributed by atoms with van der Waals surface area (Å²) in [5.41, 5.74) is 1.17. The molecule has 0 aliphatic carbocycles. The van der Waals surface area contributed by atoms with E-state index in [2.05, 4.69) is 16.8 Å². The molecule has 2 rings (SSSR count). The van der Waals surface area contributed by atoms with E-state index in [0.29, 0.717) is 24.1 Å². The maximum absolute atomic E-state index is 11.3. The van der Waals surface area contributed by atoms with Crippen molar-refractivity contribution in [2.75, 3.05) is 11.5 Å². The van der Waals surface area contributed by atoms with Gasteiger partial charge in [0.15, 0.2) is 0 Å². The number of aryl methyl sites for hydroxylation is 1. The molecule has 1 N–H and O–H groups in total. The molecule has 1 saturated heterocycles. The molecule has 0 bridgehead atoms. The fourth-order valence-electron chi connectivity index (χ4n) is 2.07. The lowest BCUT2D eigenvalue weighted by molar-refractivity contribution is 0.0690. The maximum Gasteiger partial charge on any atom is 0.354 e. The van der Waals surface area contributed by atoms with Gasteiger partial charge in [-0.3, -0.25) is 0 Å². The Morgan fingerprint density at radius 2 is 2.00 bits per heavy atom. The van der Waals surface area contributed by atoms with Gasteiger partial charge in [-0.15, -0.1) is 0 Å². The minimum absolute atomic E-state index is 0.0273. The van der Waals surface area contributed by atoms with Gasteiger partial charge in [0, 0.05) is 17.2 Å². The quantitative estimate of drug-likeness (QED) is 0.788. The molecule has 0 spiro atoms. The van der Waals surface area contributed by atoms with E-state index < -0.39 is 15.8 Å². The number of nitrogens with zero attached hydrogens (tertiary/aromatic N) is 1. The molecule has 1 aromatic rings. The van der Waals surface area contributed by atoms with Crippen LogP contribution in [0.2, 0.25) is 0 Å². The number of sulfone groups is 1. The number of rotatable bonds is 1. The number of carbonyl (C=O) groups is 1. The fourth-order valence-corrected chi connectivity index (χ4v) is 3.56. The molecular formula is C14H15NO4S. The van der Waals surface area contributed by atoms with Crippen LogP contribution in [0.15, 0.2) is 12.1 Å². The molecule has 0 amide bonds.